The Hall–Kier alpha value is -2.18. The summed E-state index contributed by atoms with van der Waals surface area (Å²) in [6.45, 7) is 0.167. The molecule has 0 aromatic heterocycles. The Balaban J connectivity index is 1.67. The minimum atomic E-state index is -0.282. The number of thiocarbonyl (C=S) groups is 1. The largest absolute Gasteiger partial charge is 0.489 e. The van der Waals surface area contributed by atoms with E-state index in [1.54, 1.807) is 43.5 Å². The monoisotopic (exact) mass is 359 g/mol. The van der Waals surface area contributed by atoms with Crippen LogP contribution in [0.15, 0.2) is 53.4 Å². The van der Waals surface area contributed by atoms with Crippen molar-refractivity contribution in [2.45, 2.75) is 6.61 Å². The number of carbonyl (C=O) groups excluding carboxylic acids is 1. The van der Waals surface area contributed by atoms with Gasteiger partial charge in [-0.05, 0) is 29.8 Å². The SMILES string of the molecule is CN1C(=O)/C(=C\c2ccc(OCc3ccccc3F)cc2)SC1=S. The molecule has 122 valence electrons. The van der Waals surface area contributed by atoms with Crippen molar-refractivity contribution in [2.75, 3.05) is 7.05 Å². The van der Waals surface area contributed by atoms with Crippen molar-refractivity contribution in [3.8, 4) is 5.75 Å². The van der Waals surface area contributed by atoms with Crippen LogP contribution >= 0.6 is 24.0 Å². The predicted molar refractivity (Wildman–Crippen MR) is 98.1 cm³/mol. The van der Waals surface area contributed by atoms with Crippen molar-refractivity contribution < 1.29 is 13.9 Å². The van der Waals surface area contributed by atoms with Crippen LogP contribution in [0.5, 0.6) is 5.75 Å². The first-order valence-electron chi connectivity index (χ1n) is 7.22. The minimum Gasteiger partial charge on any atom is -0.489 e. The highest BCUT2D eigenvalue weighted by molar-refractivity contribution is 8.26. The summed E-state index contributed by atoms with van der Waals surface area (Å²) in [5.74, 6) is 0.263. The fourth-order valence-electron chi connectivity index (χ4n) is 2.13. The zero-order valence-corrected chi connectivity index (χ0v) is 14.5. The maximum absolute atomic E-state index is 13.5. The van der Waals surface area contributed by atoms with Gasteiger partial charge in [-0.2, -0.15) is 0 Å². The zero-order valence-electron chi connectivity index (χ0n) is 12.9. The highest BCUT2D eigenvalue weighted by Crippen LogP contribution is 2.31. The standard InChI is InChI=1S/C18H14FNO2S2/c1-20-17(21)16(24-18(20)23)10-12-6-8-14(9-7-12)22-11-13-4-2-3-5-15(13)19/h2-10H,11H2,1H3/b16-10+. The molecule has 0 aliphatic carbocycles. The number of thioether (sulfide) groups is 1. The molecular weight excluding hydrogens is 345 g/mol. The van der Waals surface area contributed by atoms with Gasteiger partial charge < -0.3 is 4.74 Å². The van der Waals surface area contributed by atoms with Crippen LogP contribution in [-0.4, -0.2) is 22.2 Å². The van der Waals surface area contributed by atoms with Crippen LogP contribution in [0.3, 0.4) is 0 Å². The normalized spacial score (nSPS) is 16.1. The second-order valence-electron chi connectivity index (χ2n) is 5.19. The molecule has 1 aliphatic rings. The van der Waals surface area contributed by atoms with E-state index in [4.69, 9.17) is 17.0 Å². The number of hydrogen-bond donors (Lipinski definition) is 0. The first-order valence-corrected chi connectivity index (χ1v) is 8.45. The van der Waals surface area contributed by atoms with Crippen LogP contribution in [0, 0.1) is 5.82 Å². The highest BCUT2D eigenvalue weighted by Gasteiger charge is 2.28. The lowest BCUT2D eigenvalue weighted by atomic mass is 10.2. The summed E-state index contributed by atoms with van der Waals surface area (Å²) >= 11 is 6.39. The number of nitrogens with zero attached hydrogens (tertiary/aromatic N) is 1. The van der Waals surface area contributed by atoms with Gasteiger partial charge >= 0.3 is 0 Å². The van der Waals surface area contributed by atoms with Gasteiger partial charge in [-0.3, -0.25) is 9.69 Å². The lowest BCUT2D eigenvalue weighted by Crippen LogP contribution is -2.22. The topological polar surface area (TPSA) is 29.5 Å². The first-order chi connectivity index (χ1) is 11.5. The molecule has 2 aromatic rings. The van der Waals surface area contributed by atoms with Crippen molar-refractivity contribution in [3.05, 3.63) is 70.4 Å². The lowest BCUT2D eigenvalue weighted by Gasteiger charge is -2.07. The third-order valence-corrected chi connectivity index (χ3v) is 5.00. The number of ether oxygens (including phenoxy) is 1. The summed E-state index contributed by atoms with van der Waals surface area (Å²) in [6, 6.07) is 13.8. The van der Waals surface area contributed by atoms with Crippen LogP contribution in [0.2, 0.25) is 0 Å². The van der Waals surface area contributed by atoms with E-state index >= 15 is 0 Å². The van der Waals surface area contributed by atoms with E-state index < -0.39 is 0 Å². The fourth-order valence-corrected chi connectivity index (χ4v) is 3.31. The van der Waals surface area contributed by atoms with E-state index in [1.807, 2.05) is 12.1 Å². The highest BCUT2D eigenvalue weighted by atomic mass is 32.2. The molecule has 24 heavy (non-hydrogen) atoms. The average molecular weight is 359 g/mol. The molecule has 0 spiro atoms. The van der Waals surface area contributed by atoms with Crippen LogP contribution in [0.4, 0.5) is 4.39 Å². The smallest absolute Gasteiger partial charge is 0.265 e. The molecule has 1 aliphatic heterocycles. The van der Waals surface area contributed by atoms with E-state index in [1.165, 1.54) is 22.7 Å². The Bertz CT molecular complexity index is 818. The maximum Gasteiger partial charge on any atom is 0.265 e. The molecule has 1 amide bonds. The number of hydrogen-bond acceptors (Lipinski definition) is 4. The lowest BCUT2D eigenvalue weighted by molar-refractivity contribution is -0.121. The van der Waals surface area contributed by atoms with Crippen LogP contribution in [-0.2, 0) is 11.4 Å². The van der Waals surface area contributed by atoms with Crippen molar-refractivity contribution in [1.82, 2.24) is 4.90 Å². The summed E-state index contributed by atoms with van der Waals surface area (Å²) in [5, 5.41) is 0. The van der Waals surface area contributed by atoms with Crippen LogP contribution < -0.4 is 4.74 Å². The van der Waals surface area contributed by atoms with Gasteiger partial charge in [0.25, 0.3) is 5.91 Å². The van der Waals surface area contributed by atoms with Gasteiger partial charge in [0.15, 0.2) is 0 Å². The molecule has 1 saturated heterocycles. The first kappa shape index (κ1) is 16.7. The van der Waals surface area contributed by atoms with E-state index in [0.29, 0.717) is 20.5 Å². The average Bonchev–Trinajstić information content (AvgIpc) is 2.82. The summed E-state index contributed by atoms with van der Waals surface area (Å²) in [6.07, 6.45) is 1.80. The zero-order chi connectivity index (χ0) is 17.1. The van der Waals surface area contributed by atoms with E-state index in [9.17, 15) is 9.18 Å². The molecule has 0 unspecified atom stereocenters. The summed E-state index contributed by atoms with van der Waals surface area (Å²) in [5.41, 5.74) is 1.38. The van der Waals surface area contributed by atoms with Gasteiger partial charge in [-0.25, -0.2) is 4.39 Å². The minimum absolute atomic E-state index is 0.0927. The number of carbonyl (C=O) groups is 1. The Morgan fingerprint density at radius 2 is 1.92 bits per heavy atom. The van der Waals surface area contributed by atoms with E-state index in [-0.39, 0.29) is 18.3 Å². The molecule has 0 saturated carbocycles. The van der Waals surface area contributed by atoms with Gasteiger partial charge in [0.2, 0.25) is 0 Å². The third-order valence-electron chi connectivity index (χ3n) is 3.52. The number of halogens is 1. The van der Waals surface area contributed by atoms with E-state index in [0.717, 1.165) is 5.56 Å². The molecule has 3 nitrogen and oxygen atoms in total. The van der Waals surface area contributed by atoms with Gasteiger partial charge in [0.1, 0.15) is 22.5 Å². The Morgan fingerprint density at radius 1 is 1.21 bits per heavy atom. The van der Waals surface area contributed by atoms with Gasteiger partial charge in [0.05, 0.1) is 4.91 Å². The molecule has 0 N–H and O–H groups in total. The van der Waals surface area contributed by atoms with Crippen LogP contribution in [0.25, 0.3) is 6.08 Å². The van der Waals surface area contributed by atoms with Crippen molar-refractivity contribution in [2.24, 2.45) is 0 Å². The molecule has 0 radical (unpaired) electrons. The second-order valence-corrected chi connectivity index (χ2v) is 6.87. The number of rotatable bonds is 4. The van der Waals surface area contributed by atoms with Crippen molar-refractivity contribution in [3.63, 3.8) is 0 Å². The maximum atomic E-state index is 13.5. The number of benzene rings is 2. The summed E-state index contributed by atoms with van der Waals surface area (Å²) < 4.78 is 19.7. The third kappa shape index (κ3) is 3.66. The Kier molecular flexibility index (Phi) is 4.97. The van der Waals surface area contributed by atoms with Crippen molar-refractivity contribution >= 4 is 40.3 Å². The van der Waals surface area contributed by atoms with Crippen molar-refractivity contribution in [1.29, 1.82) is 0 Å². The van der Waals surface area contributed by atoms with Gasteiger partial charge in [-0.1, -0.05) is 54.3 Å². The number of amides is 1. The number of likely N-dealkylation sites (N-methyl/N-ethyl adjacent to an activating group) is 1. The molecule has 2 aromatic carbocycles. The van der Waals surface area contributed by atoms with Gasteiger partial charge in [-0.15, -0.1) is 0 Å². The van der Waals surface area contributed by atoms with Crippen LogP contribution in [0.1, 0.15) is 11.1 Å². The predicted octanol–water partition coefficient (Wildman–Crippen LogP) is 4.24. The summed E-state index contributed by atoms with van der Waals surface area (Å²) in [4.78, 5) is 14.0. The molecule has 0 bridgehead atoms. The van der Waals surface area contributed by atoms with E-state index in [2.05, 4.69) is 0 Å². The molecule has 6 heteroatoms. The Labute approximate surface area is 149 Å². The second kappa shape index (κ2) is 7.15. The Morgan fingerprint density at radius 3 is 2.54 bits per heavy atom. The quantitative estimate of drug-likeness (QED) is 0.603. The molecule has 1 fully saturated rings. The molecule has 1 heterocycles. The molecular formula is C18H14FNO2S2. The molecule has 3 rings (SSSR count). The van der Waals surface area contributed by atoms with Gasteiger partial charge in [0, 0.05) is 12.6 Å². The molecule has 0 atom stereocenters. The summed E-state index contributed by atoms with van der Waals surface area (Å²) in [7, 11) is 1.66. The fraction of sp³-hybridized carbons (Fsp3) is 0.111.